The molecule has 6 heteroatoms. The zero-order valence-corrected chi connectivity index (χ0v) is 10.7. The van der Waals surface area contributed by atoms with Crippen molar-refractivity contribution in [3.05, 3.63) is 54.1 Å². The fraction of sp³-hybridized carbons (Fsp3) is 0.143. The van der Waals surface area contributed by atoms with Gasteiger partial charge in [0, 0.05) is 12.7 Å². The Morgan fingerprint density at radius 2 is 2.25 bits per heavy atom. The van der Waals surface area contributed by atoms with Crippen molar-refractivity contribution in [2.75, 3.05) is 6.54 Å². The predicted octanol–water partition coefficient (Wildman–Crippen LogP) is 1.59. The number of nitrogens with one attached hydrogen (secondary N) is 1. The van der Waals surface area contributed by atoms with Crippen molar-refractivity contribution in [2.45, 2.75) is 6.54 Å². The normalized spacial score (nSPS) is 10.1. The molecule has 0 aliphatic carbocycles. The second-order valence-electron chi connectivity index (χ2n) is 4.04. The Hall–Kier alpha value is -2.47. The van der Waals surface area contributed by atoms with Gasteiger partial charge in [0.25, 0.3) is 0 Å². The minimum absolute atomic E-state index is 0.0926. The van der Waals surface area contributed by atoms with Gasteiger partial charge in [-0.3, -0.25) is 9.78 Å². The summed E-state index contributed by atoms with van der Waals surface area (Å²) in [6.07, 6.45) is 3.10. The summed E-state index contributed by atoms with van der Waals surface area (Å²) in [4.78, 5) is 14.9. The minimum atomic E-state index is -0.506. The van der Waals surface area contributed by atoms with E-state index in [1.54, 1.807) is 24.4 Å². The fourth-order valence-electron chi connectivity index (χ4n) is 1.54. The molecule has 1 aromatic carbocycles. The predicted molar refractivity (Wildman–Crippen MR) is 71.6 cm³/mol. The molecule has 0 atom stereocenters. The van der Waals surface area contributed by atoms with Crippen LogP contribution in [0.15, 0.2) is 42.7 Å². The molecule has 0 saturated carbocycles. The van der Waals surface area contributed by atoms with Crippen molar-refractivity contribution < 1.29 is 13.9 Å². The molecule has 0 unspecified atom stereocenters. The van der Waals surface area contributed by atoms with Crippen molar-refractivity contribution in [1.29, 1.82) is 0 Å². The van der Waals surface area contributed by atoms with Gasteiger partial charge in [0.2, 0.25) is 5.91 Å². The summed E-state index contributed by atoms with van der Waals surface area (Å²) in [5.74, 6) is -0.239. The van der Waals surface area contributed by atoms with Crippen molar-refractivity contribution in [2.24, 2.45) is 5.73 Å². The van der Waals surface area contributed by atoms with Crippen LogP contribution in [0.4, 0.5) is 4.39 Å². The summed E-state index contributed by atoms with van der Waals surface area (Å²) in [6, 6.07) is 7.87. The van der Waals surface area contributed by atoms with E-state index in [2.05, 4.69) is 10.3 Å². The maximum absolute atomic E-state index is 13.9. The average Bonchev–Trinajstić information content (AvgIpc) is 2.48. The molecule has 5 nitrogen and oxygen atoms in total. The van der Waals surface area contributed by atoms with Crippen LogP contribution in [0.5, 0.6) is 11.5 Å². The lowest BCUT2D eigenvalue weighted by atomic mass is 10.2. The number of nitrogens with zero attached hydrogens (tertiary/aromatic N) is 1. The van der Waals surface area contributed by atoms with E-state index in [9.17, 15) is 9.18 Å². The molecule has 20 heavy (non-hydrogen) atoms. The van der Waals surface area contributed by atoms with Crippen LogP contribution >= 0.6 is 0 Å². The average molecular weight is 275 g/mol. The smallest absolute Gasteiger partial charge is 0.234 e. The first-order valence-corrected chi connectivity index (χ1v) is 6.02. The van der Waals surface area contributed by atoms with Crippen molar-refractivity contribution in [3.8, 4) is 11.5 Å². The standard InChI is InChI=1S/C14H14FN3O2/c15-12-6-10(8-18-14(19)7-16)3-4-13(12)20-11-2-1-5-17-9-11/h1-6,9H,7-8,16H2,(H,18,19). The van der Waals surface area contributed by atoms with Gasteiger partial charge in [-0.15, -0.1) is 0 Å². The van der Waals surface area contributed by atoms with Gasteiger partial charge in [0.15, 0.2) is 11.6 Å². The lowest BCUT2D eigenvalue weighted by Crippen LogP contribution is -2.29. The number of carbonyl (C=O) groups excluding carboxylic acids is 1. The quantitative estimate of drug-likeness (QED) is 0.868. The maximum atomic E-state index is 13.9. The molecule has 0 spiro atoms. The number of hydrogen-bond acceptors (Lipinski definition) is 4. The topological polar surface area (TPSA) is 77.2 Å². The molecule has 1 amide bonds. The monoisotopic (exact) mass is 275 g/mol. The zero-order chi connectivity index (χ0) is 14.4. The molecule has 1 aromatic heterocycles. The Labute approximate surface area is 115 Å². The Balaban J connectivity index is 2.04. The number of benzene rings is 1. The lowest BCUT2D eigenvalue weighted by molar-refractivity contribution is -0.119. The van der Waals surface area contributed by atoms with Crippen LogP contribution in [-0.2, 0) is 11.3 Å². The van der Waals surface area contributed by atoms with Gasteiger partial charge in [-0.05, 0) is 29.8 Å². The number of aromatic nitrogens is 1. The molecular formula is C14H14FN3O2. The maximum Gasteiger partial charge on any atom is 0.234 e. The number of pyridine rings is 1. The summed E-state index contributed by atoms with van der Waals surface area (Å²) in [7, 11) is 0. The van der Waals surface area contributed by atoms with E-state index in [1.807, 2.05) is 0 Å². The van der Waals surface area contributed by atoms with E-state index in [4.69, 9.17) is 10.5 Å². The highest BCUT2D eigenvalue weighted by molar-refractivity contribution is 5.77. The molecule has 104 valence electrons. The van der Waals surface area contributed by atoms with Crippen LogP contribution in [0.25, 0.3) is 0 Å². The second-order valence-corrected chi connectivity index (χ2v) is 4.04. The molecule has 1 heterocycles. The van der Waals surface area contributed by atoms with Crippen molar-refractivity contribution >= 4 is 5.91 Å². The number of rotatable bonds is 5. The summed E-state index contributed by atoms with van der Waals surface area (Å²) in [6.45, 7) is 0.130. The Morgan fingerprint density at radius 1 is 1.40 bits per heavy atom. The molecule has 0 bridgehead atoms. The minimum Gasteiger partial charge on any atom is -0.453 e. The molecule has 0 aliphatic rings. The summed E-state index contributed by atoms with van der Waals surface area (Å²) < 4.78 is 19.2. The van der Waals surface area contributed by atoms with Gasteiger partial charge >= 0.3 is 0 Å². The lowest BCUT2D eigenvalue weighted by Gasteiger charge is -2.08. The van der Waals surface area contributed by atoms with Crippen LogP contribution in [0.3, 0.4) is 0 Å². The highest BCUT2D eigenvalue weighted by atomic mass is 19.1. The fourth-order valence-corrected chi connectivity index (χ4v) is 1.54. The third kappa shape index (κ3) is 3.76. The number of carbonyl (C=O) groups is 1. The van der Waals surface area contributed by atoms with Gasteiger partial charge in [-0.25, -0.2) is 4.39 Å². The van der Waals surface area contributed by atoms with Gasteiger partial charge in [0.1, 0.15) is 5.75 Å². The first kappa shape index (κ1) is 14.0. The molecule has 0 saturated heterocycles. The first-order chi connectivity index (χ1) is 9.69. The van der Waals surface area contributed by atoms with E-state index < -0.39 is 5.82 Å². The number of amides is 1. The van der Waals surface area contributed by atoms with Crippen LogP contribution in [0.2, 0.25) is 0 Å². The number of ether oxygens (including phenoxy) is 1. The third-order valence-electron chi connectivity index (χ3n) is 2.53. The SMILES string of the molecule is NCC(=O)NCc1ccc(Oc2cccnc2)c(F)c1. The largest absolute Gasteiger partial charge is 0.453 e. The van der Waals surface area contributed by atoms with Crippen LogP contribution < -0.4 is 15.8 Å². The highest BCUT2D eigenvalue weighted by Crippen LogP contribution is 2.24. The molecular weight excluding hydrogens is 261 g/mol. The Bertz CT molecular complexity index is 590. The second kappa shape index (κ2) is 6.63. The van der Waals surface area contributed by atoms with Crippen molar-refractivity contribution in [3.63, 3.8) is 0 Å². The number of halogens is 1. The Morgan fingerprint density at radius 3 is 2.90 bits per heavy atom. The summed E-state index contributed by atoms with van der Waals surface area (Å²) in [5.41, 5.74) is 5.79. The molecule has 3 N–H and O–H groups in total. The molecule has 2 aromatic rings. The van der Waals surface area contributed by atoms with Gasteiger partial charge in [0.05, 0.1) is 12.7 Å². The van der Waals surface area contributed by atoms with Crippen molar-refractivity contribution in [1.82, 2.24) is 10.3 Å². The van der Waals surface area contributed by atoms with Crippen LogP contribution in [-0.4, -0.2) is 17.4 Å². The molecule has 0 fully saturated rings. The van der Waals surface area contributed by atoms with Gasteiger partial charge in [-0.1, -0.05) is 6.07 Å². The summed E-state index contributed by atoms with van der Waals surface area (Å²) in [5, 5.41) is 2.56. The van der Waals surface area contributed by atoms with Crippen LogP contribution in [0.1, 0.15) is 5.56 Å². The molecule has 0 aliphatic heterocycles. The number of nitrogens with two attached hydrogens (primary N) is 1. The van der Waals surface area contributed by atoms with Gasteiger partial charge in [-0.2, -0.15) is 0 Å². The van der Waals surface area contributed by atoms with E-state index >= 15 is 0 Å². The highest BCUT2D eigenvalue weighted by Gasteiger charge is 2.07. The summed E-state index contributed by atoms with van der Waals surface area (Å²) >= 11 is 0. The van der Waals surface area contributed by atoms with E-state index in [0.29, 0.717) is 11.3 Å². The van der Waals surface area contributed by atoms with E-state index in [1.165, 1.54) is 18.3 Å². The molecule has 2 rings (SSSR count). The first-order valence-electron chi connectivity index (χ1n) is 6.02. The number of hydrogen-bond donors (Lipinski definition) is 2. The Kier molecular flexibility index (Phi) is 4.62. The molecule has 0 radical (unpaired) electrons. The van der Waals surface area contributed by atoms with E-state index in [0.717, 1.165) is 0 Å². The van der Waals surface area contributed by atoms with E-state index in [-0.39, 0.29) is 24.7 Å². The third-order valence-corrected chi connectivity index (χ3v) is 2.53. The van der Waals surface area contributed by atoms with Gasteiger partial charge < -0.3 is 15.8 Å². The van der Waals surface area contributed by atoms with Crippen LogP contribution in [0, 0.1) is 5.82 Å². The zero-order valence-electron chi connectivity index (χ0n) is 10.7.